The van der Waals surface area contributed by atoms with Crippen molar-refractivity contribution in [3.63, 3.8) is 0 Å². The van der Waals surface area contributed by atoms with Crippen LogP contribution >= 0.6 is 0 Å². The second-order valence-electron chi connectivity index (χ2n) is 5.61. The second kappa shape index (κ2) is 5.16. The van der Waals surface area contributed by atoms with Gasteiger partial charge in [0.05, 0.1) is 4.90 Å². The Morgan fingerprint density at radius 1 is 0.826 bits per heavy atom. The van der Waals surface area contributed by atoms with Gasteiger partial charge in [0.15, 0.2) is 0 Å². The zero-order valence-corrected chi connectivity index (χ0v) is 13.2. The van der Waals surface area contributed by atoms with Gasteiger partial charge in [-0.1, -0.05) is 48.5 Å². The third-order valence-electron chi connectivity index (χ3n) is 4.21. The molecule has 0 spiro atoms. The molecular weight excluding hydrogens is 308 g/mol. The van der Waals surface area contributed by atoms with Crippen LogP contribution in [0.5, 0.6) is 0 Å². The van der Waals surface area contributed by atoms with E-state index in [0.29, 0.717) is 4.90 Å². The molecule has 0 unspecified atom stereocenters. The summed E-state index contributed by atoms with van der Waals surface area (Å²) in [4.78, 5) is 0.303. The fourth-order valence-electron chi connectivity index (χ4n) is 3.21. The van der Waals surface area contributed by atoms with Gasteiger partial charge in [-0.15, -0.1) is 0 Å². The third kappa shape index (κ3) is 2.16. The molecule has 0 heterocycles. The summed E-state index contributed by atoms with van der Waals surface area (Å²) >= 11 is 0. The van der Waals surface area contributed by atoms with Gasteiger partial charge in [0.1, 0.15) is 0 Å². The molecule has 0 bridgehead atoms. The molecule has 4 aromatic carbocycles. The second-order valence-corrected chi connectivity index (χ2v) is 7.34. The quantitative estimate of drug-likeness (QED) is 0.567. The number of hydrogen-bond acceptors (Lipinski definition) is 3. The lowest BCUT2D eigenvalue weighted by Crippen LogP contribution is -2.29. The van der Waals surface area contributed by atoms with Gasteiger partial charge in [0.25, 0.3) is 0 Å². The minimum Gasteiger partial charge on any atom is -0.329 e. The maximum absolute atomic E-state index is 12.6. The highest BCUT2D eigenvalue weighted by molar-refractivity contribution is 7.89. The summed E-state index contributed by atoms with van der Waals surface area (Å²) in [5, 5.41) is 6.13. The highest BCUT2D eigenvalue weighted by Gasteiger charge is 2.19. The van der Waals surface area contributed by atoms with Gasteiger partial charge < -0.3 is 5.73 Å². The average molecular weight is 324 g/mol. The van der Waals surface area contributed by atoms with Crippen LogP contribution < -0.4 is 10.5 Å². The number of sulfonamides is 1. The van der Waals surface area contributed by atoms with E-state index in [4.69, 9.17) is 5.73 Å². The summed E-state index contributed by atoms with van der Waals surface area (Å²) in [5.41, 5.74) is 5.42. The largest absolute Gasteiger partial charge is 0.329 e. The van der Waals surface area contributed by atoms with Crippen LogP contribution in [0.25, 0.3) is 32.3 Å². The van der Waals surface area contributed by atoms with Crippen molar-refractivity contribution in [3.8, 4) is 0 Å². The first-order valence-electron chi connectivity index (χ1n) is 7.48. The van der Waals surface area contributed by atoms with E-state index in [1.165, 1.54) is 0 Å². The first kappa shape index (κ1) is 14.4. The molecule has 0 aliphatic rings. The molecule has 23 heavy (non-hydrogen) atoms. The van der Waals surface area contributed by atoms with Crippen LogP contribution in [0.3, 0.4) is 0 Å². The number of benzene rings is 4. The Morgan fingerprint density at radius 3 is 2.13 bits per heavy atom. The van der Waals surface area contributed by atoms with Crippen LogP contribution in [0, 0.1) is 0 Å². The molecule has 0 amide bonds. The van der Waals surface area contributed by atoms with Crippen LogP contribution in [0.2, 0.25) is 0 Å². The van der Waals surface area contributed by atoms with E-state index >= 15 is 0 Å². The van der Waals surface area contributed by atoms with Gasteiger partial charge in [0.2, 0.25) is 10.0 Å². The SMILES string of the molecule is NCCNS(=O)(=O)c1ccc2ccc3cccc4ccc1c2c34. The fraction of sp³-hybridized carbons (Fsp3) is 0.111. The smallest absolute Gasteiger partial charge is 0.241 e. The molecule has 5 heteroatoms. The predicted octanol–water partition coefficient (Wildman–Crippen LogP) is 2.82. The van der Waals surface area contributed by atoms with Crippen LogP contribution in [0.4, 0.5) is 0 Å². The molecule has 4 aromatic rings. The summed E-state index contributed by atoms with van der Waals surface area (Å²) in [6.45, 7) is 0.495. The molecular formula is C18H16N2O2S. The minimum atomic E-state index is -3.58. The lowest BCUT2D eigenvalue weighted by atomic mass is 9.94. The van der Waals surface area contributed by atoms with Crippen LogP contribution in [-0.2, 0) is 10.0 Å². The Balaban J connectivity index is 2.12. The first-order valence-corrected chi connectivity index (χ1v) is 8.96. The summed E-state index contributed by atoms with van der Waals surface area (Å²) in [7, 11) is -3.58. The Bertz CT molecular complexity index is 1100. The number of rotatable bonds is 4. The topological polar surface area (TPSA) is 72.2 Å². The summed E-state index contributed by atoms with van der Waals surface area (Å²) in [6.07, 6.45) is 0. The van der Waals surface area contributed by atoms with Gasteiger partial charge in [0, 0.05) is 18.5 Å². The molecule has 0 atom stereocenters. The van der Waals surface area contributed by atoms with E-state index in [-0.39, 0.29) is 13.1 Å². The molecule has 116 valence electrons. The minimum absolute atomic E-state index is 0.227. The summed E-state index contributed by atoms with van der Waals surface area (Å²) < 4.78 is 27.7. The van der Waals surface area contributed by atoms with Crippen molar-refractivity contribution in [1.29, 1.82) is 0 Å². The molecule has 0 aromatic heterocycles. The van der Waals surface area contributed by atoms with Crippen molar-refractivity contribution in [3.05, 3.63) is 54.6 Å². The number of hydrogen-bond donors (Lipinski definition) is 2. The lowest BCUT2D eigenvalue weighted by molar-refractivity contribution is 0.583. The van der Waals surface area contributed by atoms with Crippen molar-refractivity contribution in [1.82, 2.24) is 4.72 Å². The zero-order chi connectivity index (χ0) is 16.0. The normalized spacial score (nSPS) is 12.6. The lowest BCUT2D eigenvalue weighted by Gasteiger charge is -2.14. The van der Waals surface area contributed by atoms with Crippen LogP contribution in [-0.4, -0.2) is 21.5 Å². The highest BCUT2D eigenvalue weighted by Crippen LogP contribution is 2.36. The summed E-state index contributed by atoms with van der Waals surface area (Å²) in [5.74, 6) is 0. The van der Waals surface area contributed by atoms with Crippen molar-refractivity contribution in [2.75, 3.05) is 13.1 Å². The van der Waals surface area contributed by atoms with E-state index in [1.54, 1.807) is 6.07 Å². The molecule has 0 saturated heterocycles. The summed E-state index contributed by atoms with van der Waals surface area (Å²) in [6, 6.07) is 17.6. The highest BCUT2D eigenvalue weighted by atomic mass is 32.2. The number of nitrogens with one attached hydrogen (secondary N) is 1. The maximum atomic E-state index is 12.6. The maximum Gasteiger partial charge on any atom is 0.241 e. The van der Waals surface area contributed by atoms with Gasteiger partial charge >= 0.3 is 0 Å². The molecule has 0 radical (unpaired) electrons. The van der Waals surface area contributed by atoms with E-state index in [2.05, 4.69) is 22.9 Å². The van der Waals surface area contributed by atoms with Crippen molar-refractivity contribution < 1.29 is 8.42 Å². The first-order chi connectivity index (χ1) is 11.1. The number of nitrogens with two attached hydrogens (primary N) is 1. The van der Waals surface area contributed by atoms with Crippen LogP contribution in [0.15, 0.2) is 59.5 Å². The molecule has 0 fully saturated rings. The van der Waals surface area contributed by atoms with E-state index in [0.717, 1.165) is 32.3 Å². The van der Waals surface area contributed by atoms with Gasteiger partial charge in [-0.05, 0) is 33.0 Å². The Hall–Kier alpha value is -2.21. The standard InChI is InChI=1S/C18H16N2O2S/c19-10-11-20-23(21,22)16-9-7-14-5-4-12-2-1-3-13-6-8-15(16)18(14)17(12)13/h1-9,20H,10-11,19H2. The molecule has 4 nitrogen and oxygen atoms in total. The van der Waals surface area contributed by atoms with Gasteiger partial charge in [-0.3, -0.25) is 0 Å². The molecule has 0 aliphatic carbocycles. The van der Waals surface area contributed by atoms with E-state index in [9.17, 15) is 8.42 Å². The Labute approximate surface area is 134 Å². The van der Waals surface area contributed by atoms with Gasteiger partial charge in [-0.2, -0.15) is 0 Å². The van der Waals surface area contributed by atoms with Crippen LogP contribution in [0.1, 0.15) is 0 Å². The van der Waals surface area contributed by atoms with E-state index < -0.39 is 10.0 Å². The van der Waals surface area contributed by atoms with E-state index in [1.807, 2.05) is 30.3 Å². The fourth-order valence-corrected chi connectivity index (χ4v) is 4.46. The molecule has 4 rings (SSSR count). The third-order valence-corrected chi connectivity index (χ3v) is 5.73. The van der Waals surface area contributed by atoms with Crippen molar-refractivity contribution in [2.24, 2.45) is 5.73 Å². The Morgan fingerprint density at radius 2 is 1.43 bits per heavy atom. The van der Waals surface area contributed by atoms with Crippen molar-refractivity contribution in [2.45, 2.75) is 4.90 Å². The molecule has 0 aliphatic heterocycles. The Kier molecular flexibility index (Phi) is 3.23. The van der Waals surface area contributed by atoms with Gasteiger partial charge in [-0.25, -0.2) is 13.1 Å². The molecule has 3 N–H and O–H groups in total. The monoisotopic (exact) mass is 324 g/mol. The zero-order valence-electron chi connectivity index (χ0n) is 12.4. The molecule has 0 saturated carbocycles. The predicted molar refractivity (Wildman–Crippen MR) is 94.4 cm³/mol. The van der Waals surface area contributed by atoms with Crippen molar-refractivity contribution >= 4 is 42.3 Å². The average Bonchev–Trinajstić information content (AvgIpc) is 2.57.